The van der Waals surface area contributed by atoms with Crippen LogP contribution in [0.1, 0.15) is 82.5 Å². The van der Waals surface area contributed by atoms with Crippen molar-refractivity contribution in [3.63, 3.8) is 0 Å². The Balaban J connectivity index is 1.13. The summed E-state index contributed by atoms with van der Waals surface area (Å²) in [4.78, 5) is 84.7. The van der Waals surface area contributed by atoms with E-state index < -0.39 is 29.8 Å². The van der Waals surface area contributed by atoms with Crippen molar-refractivity contribution < 1.29 is 53.1 Å². The van der Waals surface area contributed by atoms with Crippen molar-refractivity contribution in [2.24, 2.45) is 11.5 Å². The molecule has 8 aromatic rings. The molecule has 0 bridgehead atoms. The first-order valence-corrected chi connectivity index (χ1v) is 23.5. The van der Waals surface area contributed by atoms with Crippen molar-refractivity contribution in [2.45, 2.75) is 52.7 Å². The van der Waals surface area contributed by atoms with Crippen LogP contribution in [0.15, 0.2) is 97.1 Å². The van der Waals surface area contributed by atoms with Crippen LogP contribution in [0.2, 0.25) is 0 Å². The molecule has 10 N–H and O–H groups in total. The zero-order valence-electron chi connectivity index (χ0n) is 40.6. The molecule has 21 nitrogen and oxygen atoms in total. The first kappa shape index (κ1) is 51.2. The Morgan fingerprint density at radius 3 is 1.11 bits per heavy atom. The van der Waals surface area contributed by atoms with Crippen LogP contribution in [0.5, 0.6) is 23.0 Å². The van der Waals surface area contributed by atoms with Gasteiger partial charge < -0.3 is 61.9 Å². The maximum absolute atomic E-state index is 14.2. The summed E-state index contributed by atoms with van der Waals surface area (Å²) in [7, 11) is 0. The van der Waals surface area contributed by atoms with Gasteiger partial charge in [-0.1, -0.05) is 24.3 Å². The highest BCUT2D eigenvalue weighted by Gasteiger charge is 2.23. The van der Waals surface area contributed by atoms with Crippen molar-refractivity contribution in [1.82, 2.24) is 19.9 Å². The number of carbonyl (C=O) groups is 5. The summed E-state index contributed by atoms with van der Waals surface area (Å²) < 4.78 is 24.1. The summed E-state index contributed by atoms with van der Waals surface area (Å²) in [6, 6.07) is 24.7. The molecular formula is C53H52N10O11. The number of nitrogens with zero attached hydrogens (tertiary/aromatic N) is 4. The van der Waals surface area contributed by atoms with Gasteiger partial charge in [-0.15, -0.1) is 0 Å². The second kappa shape index (κ2) is 22.5. The number of carboxylic acid groups (broad SMARTS) is 2. The van der Waals surface area contributed by atoms with Gasteiger partial charge >= 0.3 is 18.0 Å². The van der Waals surface area contributed by atoms with Gasteiger partial charge in [0.15, 0.2) is 11.4 Å². The molecule has 380 valence electrons. The van der Waals surface area contributed by atoms with Crippen LogP contribution < -0.4 is 51.7 Å². The van der Waals surface area contributed by atoms with Gasteiger partial charge in [0.05, 0.1) is 70.2 Å². The number of aromatic nitrogens is 4. The third kappa shape index (κ3) is 11.4. The van der Waals surface area contributed by atoms with Crippen molar-refractivity contribution in [1.29, 1.82) is 0 Å². The van der Waals surface area contributed by atoms with Gasteiger partial charge in [-0.2, -0.15) is 0 Å². The average Bonchev–Trinajstić information content (AvgIpc) is 3.37. The van der Waals surface area contributed by atoms with Crippen molar-refractivity contribution in [3.05, 3.63) is 120 Å². The zero-order chi connectivity index (χ0) is 52.6. The highest BCUT2D eigenvalue weighted by Crippen LogP contribution is 2.36. The molecule has 0 spiro atoms. The molecule has 0 atom stereocenters. The number of hydrogen-bond donors (Lipinski definition) is 8. The van der Waals surface area contributed by atoms with Crippen molar-refractivity contribution in [2.75, 3.05) is 47.6 Å². The number of hydrogen-bond acceptors (Lipinski definition) is 15. The van der Waals surface area contributed by atoms with Gasteiger partial charge in [-0.25, -0.2) is 34.3 Å². The third-order valence-corrected chi connectivity index (χ3v) is 11.0. The Hall–Kier alpha value is -9.21. The summed E-state index contributed by atoms with van der Waals surface area (Å²) in [6.07, 6.45) is 0.396. The fourth-order valence-corrected chi connectivity index (χ4v) is 7.85. The van der Waals surface area contributed by atoms with E-state index in [2.05, 4.69) is 31.2 Å². The molecule has 4 amide bonds. The normalized spacial score (nSPS) is 11.2. The third-order valence-electron chi connectivity index (χ3n) is 11.0. The SMILES string of the molecule is CC(C)Oc1cc(C(=O)O)nc2c(NC(=O)c3cc(OCCCN)c4cccc(NC(=O)Nc5cccc6c(OCCCN)cc(C(=O)Nc7cccc8c(OC(C)C)cc(C(=O)O)nc78)nc56)c4n3)cccc12. The van der Waals surface area contributed by atoms with Gasteiger partial charge in [0.25, 0.3) is 11.8 Å². The van der Waals surface area contributed by atoms with Crippen LogP contribution >= 0.6 is 0 Å². The molecule has 0 aliphatic heterocycles. The lowest BCUT2D eigenvalue weighted by Gasteiger charge is -2.17. The van der Waals surface area contributed by atoms with E-state index in [1.807, 2.05) is 0 Å². The fraction of sp³-hybridized carbons (Fsp3) is 0.226. The average molecular weight is 1010 g/mol. The lowest BCUT2D eigenvalue weighted by atomic mass is 10.1. The molecule has 0 saturated carbocycles. The minimum atomic E-state index is -1.29. The number of carboxylic acids is 2. The molecule has 0 aliphatic rings. The first-order valence-electron chi connectivity index (χ1n) is 23.5. The highest BCUT2D eigenvalue weighted by atomic mass is 16.5. The number of fused-ring (bicyclic) bond motifs is 4. The molecule has 0 fully saturated rings. The number of amides is 4. The van der Waals surface area contributed by atoms with E-state index in [0.717, 1.165) is 0 Å². The summed E-state index contributed by atoms with van der Waals surface area (Å²) in [5, 5.41) is 32.9. The Morgan fingerprint density at radius 1 is 0.473 bits per heavy atom. The van der Waals surface area contributed by atoms with Gasteiger partial charge in [0, 0.05) is 45.8 Å². The Morgan fingerprint density at radius 2 is 0.784 bits per heavy atom. The molecule has 74 heavy (non-hydrogen) atoms. The van der Waals surface area contributed by atoms with E-state index in [1.165, 1.54) is 24.3 Å². The molecule has 0 saturated heterocycles. The number of nitrogens with two attached hydrogens (primary N) is 2. The predicted molar refractivity (Wildman–Crippen MR) is 279 cm³/mol. The molecule has 4 heterocycles. The first-order chi connectivity index (χ1) is 35.6. The second-order valence-electron chi connectivity index (χ2n) is 17.2. The van der Waals surface area contributed by atoms with Crippen LogP contribution in [-0.4, -0.2) is 98.4 Å². The summed E-state index contributed by atoms with van der Waals surface area (Å²) in [5.41, 5.74) is 12.2. The number of urea groups is 1. The van der Waals surface area contributed by atoms with E-state index in [0.29, 0.717) is 47.5 Å². The quantitative estimate of drug-likeness (QED) is 0.0332. The molecule has 0 radical (unpaired) electrons. The topological polar surface area (TPSA) is 314 Å². The number of benzene rings is 4. The number of carbonyl (C=O) groups excluding carboxylic acids is 3. The number of nitrogens with one attached hydrogen (secondary N) is 4. The van der Waals surface area contributed by atoms with E-state index in [1.54, 1.807) is 100 Å². The van der Waals surface area contributed by atoms with Gasteiger partial charge in [0.1, 0.15) is 34.4 Å². The number of aromatic carboxylic acids is 2. The van der Waals surface area contributed by atoms with Crippen molar-refractivity contribution >= 4 is 96.1 Å². The Bertz CT molecular complexity index is 3270. The van der Waals surface area contributed by atoms with Crippen LogP contribution in [0.25, 0.3) is 43.6 Å². The van der Waals surface area contributed by atoms with E-state index in [9.17, 15) is 34.2 Å². The maximum atomic E-state index is 14.2. The number of pyridine rings is 4. The minimum Gasteiger partial charge on any atom is -0.493 e. The van der Waals surface area contributed by atoms with Gasteiger partial charge in [-0.3, -0.25) is 9.59 Å². The number of para-hydroxylation sites is 4. The maximum Gasteiger partial charge on any atom is 0.354 e. The predicted octanol–water partition coefficient (Wildman–Crippen LogP) is 8.45. The van der Waals surface area contributed by atoms with Crippen LogP contribution in [0, 0.1) is 0 Å². The molecule has 0 unspecified atom stereocenters. The Labute approximate surface area is 422 Å². The monoisotopic (exact) mass is 1000 g/mol. The number of rotatable bonds is 20. The second-order valence-corrected chi connectivity index (χ2v) is 17.2. The molecule has 21 heteroatoms. The van der Waals surface area contributed by atoms with Gasteiger partial charge in [-0.05, 0) is 102 Å². The molecular weight excluding hydrogens is 953 g/mol. The van der Waals surface area contributed by atoms with E-state index in [4.69, 9.17) is 40.4 Å². The number of ether oxygens (including phenoxy) is 4. The molecule has 4 aromatic carbocycles. The lowest BCUT2D eigenvalue weighted by Crippen LogP contribution is -2.21. The van der Waals surface area contributed by atoms with E-state index in [-0.39, 0.29) is 116 Å². The standard InChI is InChI=1S/C53H52N10O11/c1-27(2)73-43-25-39(51(66)67)58-47-31(43)13-7-15-33(47)60-49(64)37-23-41(71-21-9-19-54)29-11-5-17-35(45(29)56-37)62-53(70)63-36-18-6-12-30-42(72-22-10-20-55)24-38(57-46(30)36)50(65)61-34-16-8-14-32-44(74-28(3)4)26-40(52(68)69)59-48(32)34/h5-8,11-18,23-28H,9-10,19-22,54-55H2,1-4H3,(H,60,64)(H,61,65)(H,66,67)(H,68,69)(H2,62,63,70). The highest BCUT2D eigenvalue weighted by molar-refractivity contribution is 6.14. The Kier molecular flexibility index (Phi) is 15.5. The smallest absolute Gasteiger partial charge is 0.354 e. The largest absolute Gasteiger partial charge is 0.493 e. The summed E-state index contributed by atoms with van der Waals surface area (Å²) >= 11 is 0. The fourth-order valence-electron chi connectivity index (χ4n) is 7.85. The molecule has 8 rings (SSSR count). The zero-order valence-corrected chi connectivity index (χ0v) is 40.6. The van der Waals surface area contributed by atoms with E-state index >= 15 is 0 Å². The van der Waals surface area contributed by atoms with Crippen LogP contribution in [-0.2, 0) is 0 Å². The summed E-state index contributed by atoms with van der Waals surface area (Å²) in [6.45, 7) is 8.26. The van der Waals surface area contributed by atoms with Crippen molar-refractivity contribution in [3.8, 4) is 23.0 Å². The minimum absolute atomic E-state index is 0.114. The molecule has 0 aliphatic carbocycles. The van der Waals surface area contributed by atoms with Crippen LogP contribution in [0.3, 0.4) is 0 Å². The molecule has 4 aromatic heterocycles. The lowest BCUT2D eigenvalue weighted by molar-refractivity contribution is 0.0679. The summed E-state index contributed by atoms with van der Waals surface area (Å²) in [5.74, 6) is -2.89. The number of anilines is 4. The van der Waals surface area contributed by atoms with Gasteiger partial charge in [0.2, 0.25) is 0 Å². The van der Waals surface area contributed by atoms with Crippen LogP contribution in [0.4, 0.5) is 27.5 Å².